The Balaban J connectivity index is 1.89. The Hall–Kier alpha value is -2.69. The molecule has 22 heavy (non-hydrogen) atoms. The van der Waals surface area contributed by atoms with Crippen LogP contribution in [0.2, 0.25) is 0 Å². The highest BCUT2D eigenvalue weighted by atomic mass is 19.1. The summed E-state index contributed by atoms with van der Waals surface area (Å²) < 4.78 is 13.5. The Morgan fingerprint density at radius 1 is 1.32 bits per heavy atom. The van der Waals surface area contributed by atoms with Crippen LogP contribution in [0.4, 0.5) is 10.1 Å². The molecule has 2 aromatic rings. The van der Waals surface area contributed by atoms with Crippen molar-refractivity contribution in [3.63, 3.8) is 0 Å². The fourth-order valence-corrected chi connectivity index (χ4v) is 1.96. The van der Waals surface area contributed by atoms with Gasteiger partial charge < -0.3 is 10.6 Å². The van der Waals surface area contributed by atoms with Crippen LogP contribution < -0.4 is 10.6 Å². The van der Waals surface area contributed by atoms with Crippen molar-refractivity contribution in [2.75, 3.05) is 18.4 Å². The largest absolute Gasteiger partial charge is 0.381 e. The summed E-state index contributed by atoms with van der Waals surface area (Å²) in [6.45, 7) is 4.58. The Morgan fingerprint density at radius 2 is 2.14 bits per heavy atom. The maximum Gasteiger partial charge on any atom is 0.269 e. The molecule has 1 amide bonds. The number of pyridine rings is 1. The number of halogens is 1. The molecule has 4 nitrogen and oxygen atoms in total. The third-order valence-corrected chi connectivity index (χ3v) is 3.08. The molecule has 5 heteroatoms. The van der Waals surface area contributed by atoms with Crippen molar-refractivity contribution >= 4 is 11.6 Å². The lowest BCUT2D eigenvalue weighted by Gasteiger charge is -2.07. The zero-order valence-corrected chi connectivity index (χ0v) is 12.2. The van der Waals surface area contributed by atoms with Crippen molar-refractivity contribution in [3.8, 4) is 0 Å². The van der Waals surface area contributed by atoms with Gasteiger partial charge in [-0.1, -0.05) is 24.3 Å². The number of carbonyl (C=O) groups excluding carboxylic acids is 1. The quantitative estimate of drug-likeness (QED) is 0.773. The van der Waals surface area contributed by atoms with Gasteiger partial charge in [-0.2, -0.15) is 0 Å². The highest BCUT2D eigenvalue weighted by Gasteiger charge is 2.08. The van der Waals surface area contributed by atoms with E-state index in [1.807, 2.05) is 0 Å². The van der Waals surface area contributed by atoms with E-state index in [0.717, 1.165) is 5.69 Å². The van der Waals surface area contributed by atoms with Crippen LogP contribution in [0.25, 0.3) is 0 Å². The highest BCUT2D eigenvalue weighted by molar-refractivity contribution is 5.93. The molecule has 0 saturated carbocycles. The van der Waals surface area contributed by atoms with Crippen LogP contribution in [0.1, 0.15) is 16.1 Å². The van der Waals surface area contributed by atoms with Gasteiger partial charge in [-0.3, -0.25) is 9.78 Å². The van der Waals surface area contributed by atoms with Crippen molar-refractivity contribution in [1.82, 2.24) is 10.3 Å². The molecule has 0 aliphatic rings. The Bertz CT molecular complexity index is 658. The lowest BCUT2D eigenvalue weighted by atomic mass is 10.1. The number of amides is 1. The number of rotatable bonds is 7. The van der Waals surface area contributed by atoms with Gasteiger partial charge in [-0.15, -0.1) is 6.58 Å². The summed E-state index contributed by atoms with van der Waals surface area (Å²) in [7, 11) is 0. The second-order valence-corrected chi connectivity index (χ2v) is 4.70. The zero-order valence-electron chi connectivity index (χ0n) is 12.2. The Labute approximate surface area is 129 Å². The van der Waals surface area contributed by atoms with Gasteiger partial charge in [-0.05, 0) is 30.2 Å². The summed E-state index contributed by atoms with van der Waals surface area (Å²) in [5.74, 6) is -0.538. The SMILES string of the molecule is C=CCNc1ccnc(C(=O)NCCc2ccccc2F)c1. The molecule has 1 heterocycles. The third-order valence-electron chi connectivity index (χ3n) is 3.08. The fourth-order valence-electron chi connectivity index (χ4n) is 1.96. The van der Waals surface area contributed by atoms with E-state index in [1.54, 1.807) is 42.6 Å². The first-order valence-electron chi connectivity index (χ1n) is 7.03. The number of benzene rings is 1. The van der Waals surface area contributed by atoms with Crippen LogP contribution in [0.5, 0.6) is 0 Å². The molecular weight excluding hydrogens is 281 g/mol. The number of hydrogen-bond donors (Lipinski definition) is 2. The van der Waals surface area contributed by atoms with E-state index in [4.69, 9.17) is 0 Å². The van der Waals surface area contributed by atoms with Crippen molar-refractivity contribution in [2.24, 2.45) is 0 Å². The van der Waals surface area contributed by atoms with Crippen molar-refractivity contribution < 1.29 is 9.18 Å². The standard InChI is InChI=1S/C17H18FN3O/c1-2-9-19-14-8-11-20-16(12-14)17(22)21-10-7-13-5-3-4-6-15(13)18/h2-6,8,11-12H,1,7,9-10H2,(H,19,20)(H,21,22). The monoisotopic (exact) mass is 299 g/mol. The minimum absolute atomic E-state index is 0.259. The fraction of sp³-hybridized carbons (Fsp3) is 0.176. The van der Waals surface area contributed by atoms with Crippen LogP contribution in [-0.2, 0) is 6.42 Å². The van der Waals surface area contributed by atoms with Crippen LogP contribution in [0.15, 0.2) is 55.3 Å². The molecule has 114 valence electrons. The minimum Gasteiger partial charge on any atom is -0.381 e. The Morgan fingerprint density at radius 3 is 2.91 bits per heavy atom. The lowest BCUT2D eigenvalue weighted by molar-refractivity contribution is 0.0949. The molecule has 0 atom stereocenters. The van der Waals surface area contributed by atoms with E-state index in [0.29, 0.717) is 30.8 Å². The molecule has 0 aliphatic carbocycles. The van der Waals surface area contributed by atoms with E-state index in [1.165, 1.54) is 6.07 Å². The molecular formula is C17H18FN3O. The molecule has 0 radical (unpaired) electrons. The van der Waals surface area contributed by atoms with Gasteiger partial charge in [0, 0.05) is 25.0 Å². The van der Waals surface area contributed by atoms with Crippen LogP contribution >= 0.6 is 0 Å². The average molecular weight is 299 g/mol. The van der Waals surface area contributed by atoms with E-state index in [9.17, 15) is 9.18 Å². The van der Waals surface area contributed by atoms with Crippen molar-refractivity contribution in [2.45, 2.75) is 6.42 Å². The van der Waals surface area contributed by atoms with Gasteiger partial charge in [0.25, 0.3) is 5.91 Å². The molecule has 0 fully saturated rings. The molecule has 2 N–H and O–H groups in total. The summed E-state index contributed by atoms with van der Waals surface area (Å²) in [5, 5.41) is 5.83. The average Bonchev–Trinajstić information content (AvgIpc) is 2.55. The Kier molecular flexibility index (Phi) is 5.65. The van der Waals surface area contributed by atoms with Gasteiger partial charge in [0.15, 0.2) is 0 Å². The predicted molar refractivity (Wildman–Crippen MR) is 85.4 cm³/mol. The van der Waals surface area contributed by atoms with E-state index in [-0.39, 0.29) is 11.7 Å². The molecule has 0 bridgehead atoms. The maximum atomic E-state index is 13.5. The third kappa shape index (κ3) is 4.41. The lowest BCUT2D eigenvalue weighted by Crippen LogP contribution is -2.26. The van der Waals surface area contributed by atoms with E-state index in [2.05, 4.69) is 22.2 Å². The highest BCUT2D eigenvalue weighted by Crippen LogP contribution is 2.08. The van der Waals surface area contributed by atoms with Crippen LogP contribution in [0, 0.1) is 5.82 Å². The van der Waals surface area contributed by atoms with Gasteiger partial charge in [0.1, 0.15) is 11.5 Å². The number of carbonyl (C=O) groups is 1. The zero-order chi connectivity index (χ0) is 15.8. The van der Waals surface area contributed by atoms with Gasteiger partial charge >= 0.3 is 0 Å². The summed E-state index contributed by atoms with van der Waals surface area (Å²) >= 11 is 0. The minimum atomic E-state index is -0.279. The molecule has 1 aromatic carbocycles. The second-order valence-electron chi connectivity index (χ2n) is 4.70. The molecule has 0 saturated heterocycles. The summed E-state index contributed by atoms with van der Waals surface area (Å²) in [6.07, 6.45) is 3.73. The van der Waals surface area contributed by atoms with Gasteiger partial charge in [0.05, 0.1) is 0 Å². The van der Waals surface area contributed by atoms with Crippen molar-refractivity contribution in [1.29, 1.82) is 0 Å². The smallest absolute Gasteiger partial charge is 0.269 e. The van der Waals surface area contributed by atoms with E-state index >= 15 is 0 Å². The summed E-state index contributed by atoms with van der Waals surface area (Å²) in [6, 6.07) is 9.98. The van der Waals surface area contributed by atoms with Gasteiger partial charge in [0.2, 0.25) is 0 Å². The number of nitrogens with zero attached hydrogens (tertiary/aromatic N) is 1. The van der Waals surface area contributed by atoms with E-state index < -0.39 is 0 Å². The number of nitrogens with one attached hydrogen (secondary N) is 2. The summed E-state index contributed by atoms with van der Waals surface area (Å²) in [5.41, 5.74) is 1.70. The predicted octanol–water partition coefficient (Wildman–Crippen LogP) is 2.79. The van der Waals surface area contributed by atoms with Gasteiger partial charge in [-0.25, -0.2) is 4.39 Å². The molecule has 0 aliphatic heterocycles. The number of hydrogen-bond acceptors (Lipinski definition) is 3. The number of anilines is 1. The van der Waals surface area contributed by atoms with Crippen molar-refractivity contribution in [3.05, 3.63) is 72.3 Å². The first kappa shape index (κ1) is 15.7. The summed E-state index contributed by atoms with van der Waals surface area (Å²) in [4.78, 5) is 16.1. The van der Waals surface area contributed by atoms with Crippen LogP contribution in [-0.4, -0.2) is 24.0 Å². The number of aromatic nitrogens is 1. The molecule has 1 aromatic heterocycles. The first-order chi connectivity index (χ1) is 10.7. The maximum absolute atomic E-state index is 13.5. The molecule has 2 rings (SSSR count). The molecule has 0 spiro atoms. The first-order valence-corrected chi connectivity index (χ1v) is 7.03. The normalized spacial score (nSPS) is 10.0. The molecule has 0 unspecified atom stereocenters. The topological polar surface area (TPSA) is 54.0 Å². The second kappa shape index (κ2) is 7.93. The van der Waals surface area contributed by atoms with Crippen LogP contribution in [0.3, 0.4) is 0 Å².